The summed E-state index contributed by atoms with van der Waals surface area (Å²) in [4.78, 5) is 13.9. The zero-order valence-corrected chi connectivity index (χ0v) is 27.2. The van der Waals surface area contributed by atoms with Crippen molar-refractivity contribution in [2.24, 2.45) is 9.98 Å². The molecule has 242 valence electrons. The summed E-state index contributed by atoms with van der Waals surface area (Å²) in [6, 6.07) is 10.7. The van der Waals surface area contributed by atoms with Crippen LogP contribution in [0.15, 0.2) is 46.4 Å². The van der Waals surface area contributed by atoms with Crippen LogP contribution < -0.4 is 14.2 Å². The summed E-state index contributed by atoms with van der Waals surface area (Å²) in [6.45, 7) is 10.4. The molecule has 3 N–H and O–H groups in total. The molecule has 1 aliphatic heterocycles. The van der Waals surface area contributed by atoms with Crippen molar-refractivity contribution in [3.8, 4) is 34.5 Å². The first-order valence-corrected chi connectivity index (χ1v) is 15.3. The zero-order chi connectivity index (χ0) is 32.5. The summed E-state index contributed by atoms with van der Waals surface area (Å²) in [7, 11) is 4.78. The lowest BCUT2D eigenvalue weighted by Gasteiger charge is -2.31. The molecule has 1 heterocycles. The Morgan fingerprint density at radius 3 is 1.47 bits per heavy atom. The van der Waals surface area contributed by atoms with Gasteiger partial charge in [0.15, 0.2) is 0 Å². The maximum atomic E-state index is 11.0. The van der Waals surface area contributed by atoms with Gasteiger partial charge in [-0.05, 0) is 68.5 Å². The highest BCUT2D eigenvalue weighted by Gasteiger charge is 2.34. The van der Waals surface area contributed by atoms with Crippen LogP contribution in [-0.2, 0) is 0 Å². The van der Waals surface area contributed by atoms with Crippen LogP contribution in [0, 0.1) is 20.8 Å². The first-order chi connectivity index (χ1) is 21.7. The highest BCUT2D eigenvalue weighted by atomic mass is 16.5. The molecule has 0 saturated carbocycles. The standard InChI is InChI=1S/C35H46N4O6/c1-23-15-26(29(40)18-32(23)43-4)21-36-9-7-11-38-13-14-39(35(38)28-17-25(3)34(45-6)20-31(28)42)12-8-10-37-22-27-16-24(2)33(44-5)19-30(27)41/h15-22,35,40-42H,7-14H2,1-6H3. The molecule has 0 radical (unpaired) electrons. The van der Waals surface area contributed by atoms with Crippen LogP contribution in [0.5, 0.6) is 34.5 Å². The predicted molar refractivity (Wildman–Crippen MR) is 178 cm³/mol. The van der Waals surface area contributed by atoms with E-state index in [1.807, 2.05) is 39.0 Å². The summed E-state index contributed by atoms with van der Waals surface area (Å²) in [5, 5.41) is 31.7. The molecular weight excluding hydrogens is 572 g/mol. The third kappa shape index (κ3) is 8.26. The van der Waals surface area contributed by atoms with Crippen molar-refractivity contribution in [2.45, 2.75) is 39.8 Å². The predicted octanol–water partition coefficient (Wildman–Crippen LogP) is 5.39. The quantitative estimate of drug-likeness (QED) is 0.163. The number of methoxy groups -OCH3 is 3. The molecule has 0 amide bonds. The molecule has 10 nitrogen and oxygen atoms in total. The number of phenolic OH excluding ortho intramolecular Hbond substituents is 3. The third-order valence-corrected chi connectivity index (χ3v) is 8.20. The lowest BCUT2D eigenvalue weighted by molar-refractivity contribution is 0.133. The minimum Gasteiger partial charge on any atom is -0.507 e. The maximum Gasteiger partial charge on any atom is 0.128 e. The monoisotopic (exact) mass is 618 g/mol. The van der Waals surface area contributed by atoms with Crippen molar-refractivity contribution in [1.82, 2.24) is 9.80 Å². The normalized spacial score (nSPS) is 15.8. The van der Waals surface area contributed by atoms with Gasteiger partial charge in [0.2, 0.25) is 0 Å². The van der Waals surface area contributed by atoms with Crippen LogP contribution in [-0.4, -0.2) is 98.1 Å². The number of hydrogen-bond acceptors (Lipinski definition) is 10. The van der Waals surface area contributed by atoms with Crippen LogP contribution in [0.4, 0.5) is 0 Å². The smallest absolute Gasteiger partial charge is 0.128 e. The number of benzene rings is 3. The molecule has 10 heteroatoms. The van der Waals surface area contributed by atoms with Crippen molar-refractivity contribution in [3.05, 3.63) is 69.8 Å². The van der Waals surface area contributed by atoms with Crippen LogP contribution in [0.3, 0.4) is 0 Å². The second-order valence-corrected chi connectivity index (χ2v) is 11.4. The van der Waals surface area contributed by atoms with E-state index in [1.165, 1.54) is 0 Å². The van der Waals surface area contributed by atoms with Crippen molar-refractivity contribution in [3.63, 3.8) is 0 Å². The molecular formula is C35H46N4O6. The average molecular weight is 619 g/mol. The van der Waals surface area contributed by atoms with E-state index in [0.717, 1.165) is 61.3 Å². The molecule has 0 aliphatic carbocycles. The van der Waals surface area contributed by atoms with Crippen molar-refractivity contribution >= 4 is 12.4 Å². The lowest BCUT2D eigenvalue weighted by Crippen LogP contribution is -2.33. The average Bonchev–Trinajstić information content (AvgIpc) is 3.42. The first-order valence-electron chi connectivity index (χ1n) is 15.3. The van der Waals surface area contributed by atoms with Crippen LogP contribution in [0.25, 0.3) is 0 Å². The Labute approximate surface area is 266 Å². The second-order valence-electron chi connectivity index (χ2n) is 11.4. The van der Waals surface area contributed by atoms with Gasteiger partial charge >= 0.3 is 0 Å². The van der Waals surface area contributed by atoms with Gasteiger partial charge in [-0.1, -0.05) is 0 Å². The number of aryl methyl sites for hydroxylation is 3. The topological polar surface area (TPSA) is 120 Å². The third-order valence-electron chi connectivity index (χ3n) is 8.20. The van der Waals surface area contributed by atoms with E-state index in [0.29, 0.717) is 41.5 Å². The molecule has 45 heavy (non-hydrogen) atoms. The fourth-order valence-corrected chi connectivity index (χ4v) is 5.82. The van der Waals surface area contributed by atoms with Crippen LogP contribution >= 0.6 is 0 Å². The van der Waals surface area contributed by atoms with Crippen molar-refractivity contribution in [1.29, 1.82) is 0 Å². The van der Waals surface area contributed by atoms with Crippen LogP contribution in [0.2, 0.25) is 0 Å². The number of nitrogens with zero attached hydrogens (tertiary/aromatic N) is 4. The van der Waals surface area contributed by atoms with Gasteiger partial charge in [-0.3, -0.25) is 19.8 Å². The zero-order valence-electron chi connectivity index (χ0n) is 27.2. The second kappa shape index (κ2) is 15.6. The summed E-state index contributed by atoms with van der Waals surface area (Å²) < 4.78 is 16.0. The van der Waals surface area contributed by atoms with Gasteiger partial charge in [-0.15, -0.1) is 0 Å². The number of ether oxygens (including phenoxy) is 3. The molecule has 3 aromatic rings. The highest BCUT2D eigenvalue weighted by molar-refractivity contribution is 5.85. The van der Waals surface area contributed by atoms with E-state index in [9.17, 15) is 15.3 Å². The summed E-state index contributed by atoms with van der Waals surface area (Å²) in [5.74, 6) is 2.44. The van der Waals surface area contributed by atoms with Gasteiger partial charge < -0.3 is 29.5 Å². The Balaban J connectivity index is 1.41. The van der Waals surface area contributed by atoms with Gasteiger partial charge in [0.05, 0.1) is 27.5 Å². The summed E-state index contributed by atoms with van der Waals surface area (Å²) in [6.07, 6.45) is 4.97. The van der Waals surface area contributed by atoms with Crippen molar-refractivity contribution in [2.75, 3.05) is 60.6 Å². The van der Waals surface area contributed by atoms with Gasteiger partial charge in [0.25, 0.3) is 0 Å². The molecule has 0 spiro atoms. The van der Waals surface area contributed by atoms with E-state index in [1.54, 1.807) is 52.0 Å². The molecule has 3 aromatic carbocycles. The molecule has 0 aromatic heterocycles. The Kier molecular flexibility index (Phi) is 11.7. The molecule has 1 fully saturated rings. The SMILES string of the molecule is COc1cc(O)c(C=NCCCN2CCN(CCCN=Cc3cc(C)c(OC)cc3O)C2c2cc(C)c(OC)cc2O)cc1C. The Bertz CT molecular complexity index is 1440. The molecule has 0 atom stereocenters. The van der Waals surface area contributed by atoms with Gasteiger partial charge in [-0.2, -0.15) is 0 Å². The molecule has 0 bridgehead atoms. The molecule has 1 saturated heterocycles. The number of phenols is 3. The van der Waals surface area contributed by atoms with Gasteiger partial charge in [-0.25, -0.2) is 0 Å². The number of hydrogen-bond donors (Lipinski definition) is 3. The minimum absolute atomic E-state index is 0.0934. The van der Waals surface area contributed by atoms with E-state index in [2.05, 4.69) is 19.8 Å². The fraction of sp³-hybridized carbons (Fsp3) is 0.429. The lowest BCUT2D eigenvalue weighted by atomic mass is 10.1. The Hall–Kier alpha value is -4.28. The molecule has 0 unspecified atom stereocenters. The Morgan fingerprint density at radius 2 is 1.04 bits per heavy atom. The highest BCUT2D eigenvalue weighted by Crippen LogP contribution is 2.38. The van der Waals surface area contributed by atoms with Gasteiger partial charge in [0.1, 0.15) is 34.5 Å². The van der Waals surface area contributed by atoms with Crippen LogP contribution in [0.1, 0.15) is 52.4 Å². The summed E-state index contributed by atoms with van der Waals surface area (Å²) in [5.41, 5.74) is 5.02. The van der Waals surface area contributed by atoms with E-state index >= 15 is 0 Å². The number of aliphatic imine (C=N–C) groups is 2. The summed E-state index contributed by atoms with van der Waals surface area (Å²) >= 11 is 0. The fourth-order valence-electron chi connectivity index (χ4n) is 5.82. The number of rotatable bonds is 14. The largest absolute Gasteiger partial charge is 0.507 e. The van der Waals surface area contributed by atoms with E-state index < -0.39 is 0 Å². The Morgan fingerprint density at radius 1 is 0.644 bits per heavy atom. The van der Waals surface area contributed by atoms with Crippen molar-refractivity contribution < 1.29 is 29.5 Å². The maximum absolute atomic E-state index is 11.0. The number of aromatic hydroxyl groups is 3. The molecule has 4 rings (SSSR count). The van der Waals surface area contributed by atoms with E-state index in [-0.39, 0.29) is 23.4 Å². The molecule has 1 aliphatic rings. The first kappa shape index (κ1) is 33.6. The van der Waals surface area contributed by atoms with E-state index in [4.69, 9.17) is 14.2 Å². The van der Waals surface area contributed by atoms with Gasteiger partial charge in [0, 0.05) is 86.6 Å². The minimum atomic E-state index is -0.0934.